The smallest absolute Gasteiger partial charge is 0.261 e. The van der Waals surface area contributed by atoms with E-state index in [1.165, 1.54) is 15.3 Å². The van der Waals surface area contributed by atoms with Crippen LogP contribution < -0.4 is 10.4 Å². The van der Waals surface area contributed by atoms with Gasteiger partial charge in [-0.25, -0.2) is 0 Å². The van der Waals surface area contributed by atoms with Gasteiger partial charge in [0.05, 0.1) is 36.8 Å². The summed E-state index contributed by atoms with van der Waals surface area (Å²) in [6.45, 7) is 9.84. The van der Waals surface area contributed by atoms with Crippen LogP contribution in [0.4, 0.5) is 0 Å². The molecular formula is C44H50N2O6Si. The Kier molecular flexibility index (Phi) is 10.8. The lowest BCUT2D eigenvalue weighted by Crippen LogP contribution is -2.66. The van der Waals surface area contributed by atoms with Gasteiger partial charge in [-0.2, -0.15) is 0 Å². The van der Waals surface area contributed by atoms with E-state index < -0.39 is 20.2 Å². The van der Waals surface area contributed by atoms with E-state index in [2.05, 4.69) is 74.3 Å². The van der Waals surface area contributed by atoms with Gasteiger partial charge in [0.1, 0.15) is 18.1 Å². The van der Waals surface area contributed by atoms with Gasteiger partial charge in [-0.15, -0.1) is 0 Å². The van der Waals surface area contributed by atoms with Gasteiger partial charge in [0.25, 0.3) is 8.32 Å². The van der Waals surface area contributed by atoms with Crippen LogP contribution in [0.25, 0.3) is 11.6 Å². The molecule has 4 atom stereocenters. The number of allylic oxidation sites excluding steroid dienone is 1. The van der Waals surface area contributed by atoms with Crippen LogP contribution in [0.1, 0.15) is 70.6 Å². The lowest BCUT2D eigenvalue weighted by atomic mass is 9.69. The number of carbonyl (C=O) groups excluding carboxylic acids is 2. The van der Waals surface area contributed by atoms with E-state index >= 15 is 0 Å². The minimum Gasteiger partial charge on any atom is -0.459 e. The molecule has 2 aromatic heterocycles. The maximum absolute atomic E-state index is 14.0. The van der Waals surface area contributed by atoms with E-state index in [1.54, 1.807) is 12.3 Å². The third-order valence-electron chi connectivity index (χ3n) is 11.3. The van der Waals surface area contributed by atoms with Gasteiger partial charge < -0.3 is 18.7 Å². The molecule has 2 amide bonds. The van der Waals surface area contributed by atoms with Crippen molar-refractivity contribution in [1.29, 1.82) is 0 Å². The van der Waals surface area contributed by atoms with Crippen LogP contribution >= 0.6 is 0 Å². The summed E-state index contributed by atoms with van der Waals surface area (Å²) in [5.74, 6) is 0.00172. The largest absolute Gasteiger partial charge is 0.459 e. The van der Waals surface area contributed by atoms with Crippen molar-refractivity contribution in [1.82, 2.24) is 9.88 Å². The monoisotopic (exact) mass is 730 g/mol. The third kappa shape index (κ3) is 7.03. The molecule has 4 heterocycles. The average molecular weight is 731 g/mol. The number of aliphatic hydroxyl groups is 1. The Labute approximate surface area is 313 Å². The Morgan fingerprint density at radius 1 is 0.943 bits per heavy atom. The zero-order valence-corrected chi connectivity index (χ0v) is 32.2. The first kappa shape index (κ1) is 36.9. The molecule has 7 rings (SSSR count). The van der Waals surface area contributed by atoms with Gasteiger partial charge >= 0.3 is 0 Å². The molecule has 2 fully saturated rings. The van der Waals surface area contributed by atoms with Crippen LogP contribution in [0, 0.1) is 17.8 Å². The lowest BCUT2D eigenvalue weighted by Gasteiger charge is -2.44. The number of rotatable bonds is 13. The number of benzene rings is 2. The topological polar surface area (TPSA) is 102 Å². The quantitative estimate of drug-likeness (QED) is 0.0919. The van der Waals surface area contributed by atoms with E-state index in [0.29, 0.717) is 50.5 Å². The summed E-state index contributed by atoms with van der Waals surface area (Å²) in [6, 6.07) is 30.7. The number of hydrogen-bond acceptors (Lipinski definition) is 7. The molecule has 2 aromatic carbocycles. The Bertz CT molecular complexity index is 1930. The first-order chi connectivity index (χ1) is 25.7. The summed E-state index contributed by atoms with van der Waals surface area (Å²) >= 11 is 0. The van der Waals surface area contributed by atoms with Crippen LogP contribution in [-0.4, -0.2) is 61.0 Å². The van der Waals surface area contributed by atoms with Crippen LogP contribution in [-0.2, 0) is 25.4 Å². The number of aromatic nitrogens is 1. The number of hydrogen-bond donors (Lipinski definition) is 1. The van der Waals surface area contributed by atoms with E-state index in [9.17, 15) is 14.7 Å². The molecule has 0 saturated carbocycles. The normalized spacial score (nSPS) is 22.1. The Morgan fingerprint density at radius 2 is 1.64 bits per heavy atom. The lowest BCUT2D eigenvalue weighted by molar-refractivity contribution is -0.140. The zero-order valence-electron chi connectivity index (χ0n) is 31.2. The fourth-order valence-corrected chi connectivity index (χ4v) is 13.5. The van der Waals surface area contributed by atoms with E-state index in [1.807, 2.05) is 49.4 Å². The van der Waals surface area contributed by atoms with Gasteiger partial charge in [0, 0.05) is 18.7 Å². The van der Waals surface area contributed by atoms with Crippen molar-refractivity contribution in [3.8, 4) is 0 Å². The fraction of sp³-hybridized carbons (Fsp3) is 0.386. The Balaban J connectivity index is 1.27. The van der Waals surface area contributed by atoms with Crippen LogP contribution in [0.2, 0.25) is 5.04 Å². The molecule has 0 spiro atoms. The zero-order chi connectivity index (χ0) is 37.2. The molecule has 3 aliphatic rings. The summed E-state index contributed by atoms with van der Waals surface area (Å²) in [5.41, 5.74) is 4.04. The number of furan rings is 1. The number of ether oxygens (including phenoxy) is 1. The Morgan fingerprint density at radius 3 is 2.25 bits per heavy atom. The standard InChI is InChI=1S/C44H50N2O6Si/c1-5-24-46-42(48)36-26-31(28-51-53(44(2,3)4,34-14-8-6-9-15-34)35-16-10-7-11-17-35)40-37(41(36)43(46)49)29-50-39(40)22-19-30(38-18-12-13-23-45-38)25-32-20-21-33(27-47)52-32/h6-18,20-21,23,25,36-37,39,41,47H,5,19,22,24,26-29H2,1-4H3/b30-25-/t36-,37+,39-,41-/m1/s1. The summed E-state index contributed by atoms with van der Waals surface area (Å²) in [6.07, 6.45) is 6.01. The summed E-state index contributed by atoms with van der Waals surface area (Å²) in [4.78, 5) is 34.0. The van der Waals surface area contributed by atoms with Gasteiger partial charge in [-0.3, -0.25) is 19.5 Å². The number of fused-ring (bicyclic) bond motifs is 3. The molecule has 8 nitrogen and oxygen atoms in total. The number of aliphatic hydroxyl groups excluding tert-OH is 1. The number of amides is 2. The molecule has 0 radical (unpaired) electrons. The molecule has 1 N–H and O–H groups in total. The fourth-order valence-electron chi connectivity index (χ4n) is 8.91. The molecule has 1 aliphatic carbocycles. The van der Waals surface area contributed by atoms with E-state index in [-0.39, 0.29) is 35.5 Å². The summed E-state index contributed by atoms with van der Waals surface area (Å²) in [7, 11) is -2.90. The summed E-state index contributed by atoms with van der Waals surface area (Å²) in [5, 5.41) is 11.8. The molecular weight excluding hydrogens is 681 g/mol. The molecule has 276 valence electrons. The highest BCUT2D eigenvalue weighted by Crippen LogP contribution is 2.50. The molecule has 9 heteroatoms. The second-order valence-corrected chi connectivity index (χ2v) is 19.8. The number of likely N-dealkylation sites (tertiary alicyclic amines) is 1. The van der Waals surface area contributed by atoms with Crippen molar-refractivity contribution in [2.45, 2.75) is 71.1 Å². The van der Waals surface area contributed by atoms with Gasteiger partial charge in [-0.1, -0.05) is 94.4 Å². The van der Waals surface area contributed by atoms with Crippen molar-refractivity contribution in [2.24, 2.45) is 17.8 Å². The molecule has 0 unspecified atom stereocenters. The highest BCUT2D eigenvalue weighted by atomic mass is 28.4. The highest BCUT2D eigenvalue weighted by Gasteiger charge is 2.57. The first-order valence-electron chi connectivity index (χ1n) is 18.9. The minimum atomic E-state index is -2.90. The number of pyridine rings is 1. The van der Waals surface area contributed by atoms with Crippen molar-refractivity contribution >= 4 is 42.2 Å². The predicted octanol–water partition coefficient (Wildman–Crippen LogP) is 6.79. The predicted molar refractivity (Wildman–Crippen MR) is 208 cm³/mol. The number of nitrogens with zero attached hydrogens (tertiary/aromatic N) is 2. The Hall–Kier alpha value is -4.41. The average Bonchev–Trinajstić information content (AvgIpc) is 3.88. The van der Waals surface area contributed by atoms with Crippen molar-refractivity contribution in [3.63, 3.8) is 0 Å². The maximum atomic E-state index is 14.0. The molecule has 53 heavy (non-hydrogen) atoms. The molecule has 0 bridgehead atoms. The second-order valence-electron chi connectivity index (χ2n) is 15.5. The molecule has 2 aliphatic heterocycles. The van der Waals surface area contributed by atoms with Crippen LogP contribution in [0.5, 0.6) is 0 Å². The highest BCUT2D eigenvalue weighted by molar-refractivity contribution is 6.99. The van der Waals surface area contributed by atoms with Crippen LogP contribution in [0.15, 0.2) is 113 Å². The van der Waals surface area contributed by atoms with Crippen LogP contribution in [0.3, 0.4) is 0 Å². The third-order valence-corrected chi connectivity index (χ3v) is 16.2. The molecule has 4 aromatic rings. The van der Waals surface area contributed by atoms with E-state index in [0.717, 1.165) is 28.8 Å². The maximum Gasteiger partial charge on any atom is 0.261 e. The van der Waals surface area contributed by atoms with Crippen molar-refractivity contribution < 1.29 is 28.3 Å². The SMILES string of the molecule is CCCN1C(=O)[C@@H]2[C@@H](CC(CO[Si](c3ccccc3)(c3ccccc3)C(C)(C)C)=C3[C@@H](CC/C(=C/c4ccc(CO)o4)c4ccccn4)OC[C@@H]32)C1=O. The van der Waals surface area contributed by atoms with Crippen molar-refractivity contribution in [2.75, 3.05) is 19.8 Å². The minimum absolute atomic E-state index is 0.0617. The van der Waals surface area contributed by atoms with Gasteiger partial charge in [-0.05, 0) is 88.2 Å². The van der Waals surface area contributed by atoms with Crippen molar-refractivity contribution in [3.05, 3.63) is 126 Å². The molecule has 2 saturated heterocycles. The number of imide groups is 1. The first-order valence-corrected chi connectivity index (χ1v) is 20.8. The second kappa shape index (κ2) is 15.5. The number of carbonyl (C=O) groups is 2. The van der Waals surface area contributed by atoms with E-state index in [4.69, 9.17) is 13.6 Å². The summed E-state index contributed by atoms with van der Waals surface area (Å²) < 4.78 is 20.0. The van der Waals surface area contributed by atoms with Gasteiger partial charge in [0.15, 0.2) is 0 Å². The van der Waals surface area contributed by atoms with Gasteiger partial charge in [0.2, 0.25) is 11.8 Å².